The second-order valence-electron chi connectivity index (χ2n) is 5.83. The predicted octanol–water partition coefficient (Wildman–Crippen LogP) is 1.78. The summed E-state index contributed by atoms with van der Waals surface area (Å²) in [6, 6.07) is 5.60. The summed E-state index contributed by atoms with van der Waals surface area (Å²) in [6.07, 6.45) is 3.66. The van der Waals surface area contributed by atoms with Crippen LogP contribution >= 0.6 is 0 Å². The normalized spacial score (nSPS) is 19.6. The number of benzene rings is 1. The van der Waals surface area contributed by atoms with Crippen LogP contribution in [0.25, 0.3) is 5.69 Å². The van der Waals surface area contributed by atoms with Crippen molar-refractivity contribution in [1.29, 1.82) is 0 Å². The first-order chi connectivity index (χ1) is 11.1. The molecule has 0 spiro atoms. The number of amides is 1. The van der Waals surface area contributed by atoms with Gasteiger partial charge in [-0.2, -0.15) is 0 Å². The molecule has 2 aromatic rings. The van der Waals surface area contributed by atoms with E-state index in [1.807, 2.05) is 0 Å². The van der Waals surface area contributed by atoms with E-state index >= 15 is 0 Å². The number of nitrogens with zero attached hydrogens (tertiary/aromatic N) is 4. The smallest absolute Gasteiger partial charge is 0.276 e. The molecule has 2 heterocycles. The number of likely N-dealkylation sites (tertiary alicyclic amines) is 1. The van der Waals surface area contributed by atoms with Gasteiger partial charge in [0.1, 0.15) is 5.82 Å². The molecular weight excluding hydrogens is 299 g/mol. The molecule has 2 atom stereocenters. The van der Waals surface area contributed by atoms with Crippen molar-refractivity contribution < 1.29 is 14.3 Å². The van der Waals surface area contributed by atoms with Gasteiger partial charge in [0.25, 0.3) is 5.91 Å². The lowest BCUT2D eigenvalue weighted by Gasteiger charge is -2.36. The van der Waals surface area contributed by atoms with Crippen molar-refractivity contribution in [2.24, 2.45) is 0 Å². The lowest BCUT2D eigenvalue weighted by atomic mass is 9.98. The Labute approximate surface area is 133 Å². The van der Waals surface area contributed by atoms with E-state index in [-0.39, 0.29) is 23.5 Å². The van der Waals surface area contributed by atoms with Crippen LogP contribution in [0.15, 0.2) is 30.5 Å². The fraction of sp³-hybridized carbons (Fsp3) is 0.438. The summed E-state index contributed by atoms with van der Waals surface area (Å²) in [5, 5.41) is 17.7. The molecule has 3 rings (SSSR count). The zero-order valence-corrected chi connectivity index (χ0v) is 12.9. The first-order valence-corrected chi connectivity index (χ1v) is 7.73. The van der Waals surface area contributed by atoms with Crippen molar-refractivity contribution in [1.82, 2.24) is 19.9 Å². The van der Waals surface area contributed by atoms with Crippen LogP contribution in [0.5, 0.6) is 0 Å². The number of rotatable bonds is 3. The third-order valence-electron chi connectivity index (χ3n) is 4.17. The van der Waals surface area contributed by atoms with Crippen LogP contribution in [0.4, 0.5) is 4.39 Å². The highest BCUT2D eigenvalue weighted by molar-refractivity contribution is 5.92. The molecule has 1 aliphatic rings. The lowest BCUT2D eigenvalue weighted by molar-refractivity contribution is 0.0276. The molecule has 1 aliphatic heterocycles. The summed E-state index contributed by atoms with van der Waals surface area (Å²) in [5.41, 5.74) is 0.852. The standard InChI is InChI=1S/C16H19FN4O2/c1-11(22)15-4-2-3-9-20(15)16(23)14-10-21(19-18-14)13-7-5-12(17)6-8-13/h5-8,10-11,15,22H,2-4,9H2,1H3. The Morgan fingerprint density at radius 1 is 1.35 bits per heavy atom. The van der Waals surface area contributed by atoms with E-state index < -0.39 is 6.10 Å². The van der Waals surface area contributed by atoms with E-state index in [9.17, 15) is 14.3 Å². The highest BCUT2D eigenvalue weighted by atomic mass is 19.1. The van der Waals surface area contributed by atoms with Crippen LogP contribution in [0.2, 0.25) is 0 Å². The van der Waals surface area contributed by atoms with Crippen LogP contribution in [0, 0.1) is 5.82 Å². The van der Waals surface area contributed by atoms with Crippen LogP contribution in [-0.4, -0.2) is 49.6 Å². The number of carbonyl (C=O) groups is 1. The van der Waals surface area contributed by atoms with Crippen molar-refractivity contribution in [2.75, 3.05) is 6.54 Å². The van der Waals surface area contributed by atoms with Crippen LogP contribution < -0.4 is 0 Å². The van der Waals surface area contributed by atoms with Gasteiger partial charge in [-0.3, -0.25) is 4.79 Å². The molecule has 122 valence electrons. The number of aromatic nitrogens is 3. The van der Waals surface area contributed by atoms with Gasteiger partial charge < -0.3 is 10.0 Å². The summed E-state index contributed by atoms with van der Waals surface area (Å²) >= 11 is 0. The number of hydrogen-bond donors (Lipinski definition) is 1. The minimum Gasteiger partial charge on any atom is -0.391 e. The molecule has 7 heteroatoms. The van der Waals surface area contributed by atoms with E-state index in [0.29, 0.717) is 12.2 Å². The average Bonchev–Trinajstić information content (AvgIpc) is 3.04. The second kappa shape index (κ2) is 6.45. The van der Waals surface area contributed by atoms with Gasteiger partial charge in [-0.15, -0.1) is 5.10 Å². The molecule has 0 radical (unpaired) electrons. The Hall–Kier alpha value is -2.28. The van der Waals surface area contributed by atoms with Gasteiger partial charge in [-0.1, -0.05) is 5.21 Å². The molecule has 6 nitrogen and oxygen atoms in total. The fourth-order valence-electron chi connectivity index (χ4n) is 2.94. The molecule has 2 unspecified atom stereocenters. The summed E-state index contributed by atoms with van der Waals surface area (Å²) in [6.45, 7) is 2.31. The fourth-order valence-corrected chi connectivity index (χ4v) is 2.94. The Kier molecular flexibility index (Phi) is 4.38. The maximum atomic E-state index is 13.0. The third kappa shape index (κ3) is 3.24. The summed E-state index contributed by atoms with van der Waals surface area (Å²) in [7, 11) is 0. The predicted molar refractivity (Wildman–Crippen MR) is 81.7 cm³/mol. The average molecular weight is 318 g/mol. The SMILES string of the molecule is CC(O)C1CCCCN1C(=O)c1cn(-c2ccc(F)cc2)nn1. The van der Waals surface area contributed by atoms with Crippen LogP contribution in [0.1, 0.15) is 36.7 Å². The van der Waals surface area contributed by atoms with E-state index in [4.69, 9.17) is 0 Å². The Bertz CT molecular complexity index is 684. The number of carbonyl (C=O) groups excluding carboxylic acids is 1. The van der Waals surface area contributed by atoms with Crippen molar-refractivity contribution in [2.45, 2.75) is 38.3 Å². The Morgan fingerprint density at radius 3 is 2.78 bits per heavy atom. The number of halogens is 1. The zero-order chi connectivity index (χ0) is 16.4. The molecule has 1 N–H and O–H groups in total. The lowest BCUT2D eigenvalue weighted by Crippen LogP contribution is -2.49. The molecule has 23 heavy (non-hydrogen) atoms. The highest BCUT2D eigenvalue weighted by Crippen LogP contribution is 2.21. The van der Waals surface area contributed by atoms with Crippen molar-refractivity contribution in [3.05, 3.63) is 42.0 Å². The van der Waals surface area contributed by atoms with Crippen molar-refractivity contribution in [3.63, 3.8) is 0 Å². The van der Waals surface area contributed by atoms with E-state index in [2.05, 4.69) is 10.3 Å². The van der Waals surface area contributed by atoms with Gasteiger partial charge in [0.15, 0.2) is 5.69 Å². The molecule has 1 amide bonds. The zero-order valence-electron chi connectivity index (χ0n) is 12.9. The van der Waals surface area contributed by atoms with Gasteiger partial charge in [0, 0.05) is 6.54 Å². The van der Waals surface area contributed by atoms with E-state index in [1.165, 1.54) is 23.0 Å². The number of hydrogen-bond acceptors (Lipinski definition) is 4. The minimum atomic E-state index is -0.577. The third-order valence-corrected chi connectivity index (χ3v) is 4.17. The molecule has 0 bridgehead atoms. The molecule has 1 fully saturated rings. The molecule has 1 aromatic heterocycles. The maximum absolute atomic E-state index is 13.0. The van der Waals surface area contributed by atoms with Gasteiger partial charge in [0.05, 0.1) is 24.0 Å². The van der Waals surface area contributed by atoms with Crippen LogP contribution in [0.3, 0.4) is 0 Å². The van der Waals surface area contributed by atoms with Gasteiger partial charge in [-0.25, -0.2) is 9.07 Å². The van der Waals surface area contributed by atoms with E-state index in [1.54, 1.807) is 24.0 Å². The monoisotopic (exact) mass is 318 g/mol. The van der Waals surface area contributed by atoms with Crippen molar-refractivity contribution in [3.8, 4) is 5.69 Å². The largest absolute Gasteiger partial charge is 0.391 e. The second-order valence-corrected chi connectivity index (χ2v) is 5.83. The van der Waals surface area contributed by atoms with Gasteiger partial charge >= 0.3 is 0 Å². The first-order valence-electron chi connectivity index (χ1n) is 7.73. The molecule has 1 aromatic carbocycles. The summed E-state index contributed by atoms with van der Waals surface area (Å²) in [5.74, 6) is -0.567. The molecule has 0 aliphatic carbocycles. The highest BCUT2D eigenvalue weighted by Gasteiger charge is 2.31. The van der Waals surface area contributed by atoms with Crippen molar-refractivity contribution >= 4 is 5.91 Å². The Morgan fingerprint density at radius 2 is 2.09 bits per heavy atom. The maximum Gasteiger partial charge on any atom is 0.276 e. The van der Waals surface area contributed by atoms with E-state index in [0.717, 1.165) is 19.3 Å². The molecule has 1 saturated heterocycles. The quantitative estimate of drug-likeness (QED) is 0.936. The van der Waals surface area contributed by atoms with Gasteiger partial charge in [-0.05, 0) is 50.5 Å². The van der Waals surface area contributed by atoms with Crippen LogP contribution in [-0.2, 0) is 0 Å². The number of piperidine rings is 1. The number of aliphatic hydroxyl groups is 1. The molecular formula is C16H19FN4O2. The van der Waals surface area contributed by atoms with Gasteiger partial charge in [0.2, 0.25) is 0 Å². The first kappa shape index (κ1) is 15.6. The number of aliphatic hydroxyl groups excluding tert-OH is 1. The minimum absolute atomic E-state index is 0.188. The Balaban J connectivity index is 1.81. The molecule has 0 saturated carbocycles. The topological polar surface area (TPSA) is 71.2 Å². The summed E-state index contributed by atoms with van der Waals surface area (Å²) in [4.78, 5) is 14.3. The summed E-state index contributed by atoms with van der Waals surface area (Å²) < 4.78 is 14.4.